The molecule has 1 aliphatic rings. The molecule has 0 aromatic heterocycles. The van der Waals surface area contributed by atoms with Gasteiger partial charge in [-0.05, 0) is 5.92 Å². The molecule has 112 valence electrons. The van der Waals surface area contributed by atoms with Crippen molar-refractivity contribution >= 4 is 16.2 Å². The molecule has 1 rings (SSSR count). The number of carboxylic acid groups (broad SMARTS) is 1. The highest BCUT2D eigenvalue weighted by Crippen LogP contribution is 2.07. The van der Waals surface area contributed by atoms with Gasteiger partial charge in [-0.1, -0.05) is 13.8 Å². The first-order valence-corrected chi connectivity index (χ1v) is 7.94. The van der Waals surface area contributed by atoms with Crippen molar-refractivity contribution in [2.45, 2.75) is 20.3 Å². The fourth-order valence-corrected chi connectivity index (χ4v) is 3.18. The van der Waals surface area contributed by atoms with E-state index in [9.17, 15) is 13.2 Å². The molecule has 0 saturated carbocycles. The summed E-state index contributed by atoms with van der Waals surface area (Å²) in [6.07, 6.45) is 0.0956. The standard InChI is InChI=1S/C11H23N3O4S/c1-10(2)9-12-19(17,18)14-7-5-13(6-8-14)4-3-11(15)16/h10,12H,3-9H2,1-2H3,(H,15,16). The predicted octanol–water partition coefficient (Wildman–Crippen LogP) is -0.431. The van der Waals surface area contributed by atoms with Gasteiger partial charge in [0.25, 0.3) is 10.2 Å². The normalized spacial score (nSPS) is 18.9. The smallest absolute Gasteiger partial charge is 0.304 e. The monoisotopic (exact) mass is 293 g/mol. The molecular weight excluding hydrogens is 270 g/mol. The number of hydrogen-bond acceptors (Lipinski definition) is 4. The zero-order valence-electron chi connectivity index (χ0n) is 11.5. The molecule has 0 aromatic rings. The third-order valence-electron chi connectivity index (χ3n) is 2.99. The van der Waals surface area contributed by atoms with Crippen LogP contribution in [0.25, 0.3) is 0 Å². The highest BCUT2D eigenvalue weighted by Gasteiger charge is 2.26. The molecule has 0 aromatic carbocycles. The van der Waals surface area contributed by atoms with E-state index in [4.69, 9.17) is 5.11 Å². The molecular formula is C11H23N3O4S. The van der Waals surface area contributed by atoms with E-state index in [1.807, 2.05) is 18.7 Å². The summed E-state index contributed by atoms with van der Waals surface area (Å²) in [4.78, 5) is 12.4. The third-order valence-corrected chi connectivity index (χ3v) is 4.56. The lowest BCUT2D eigenvalue weighted by Crippen LogP contribution is -2.52. The van der Waals surface area contributed by atoms with Crippen molar-refractivity contribution in [3.8, 4) is 0 Å². The number of carbonyl (C=O) groups is 1. The van der Waals surface area contributed by atoms with Gasteiger partial charge in [-0.3, -0.25) is 4.79 Å². The Kier molecular flexibility index (Phi) is 6.18. The Labute approximate surface area is 114 Å². The van der Waals surface area contributed by atoms with Gasteiger partial charge in [0.15, 0.2) is 0 Å². The lowest BCUT2D eigenvalue weighted by molar-refractivity contribution is -0.137. The summed E-state index contributed by atoms with van der Waals surface area (Å²) in [5.41, 5.74) is 0. The molecule has 0 radical (unpaired) electrons. The van der Waals surface area contributed by atoms with Gasteiger partial charge in [0.1, 0.15) is 0 Å². The highest BCUT2D eigenvalue weighted by atomic mass is 32.2. The van der Waals surface area contributed by atoms with E-state index in [-0.39, 0.29) is 12.3 Å². The van der Waals surface area contributed by atoms with Gasteiger partial charge < -0.3 is 10.0 Å². The number of hydrogen-bond donors (Lipinski definition) is 2. The molecule has 1 saturated heterocycles. The number of rotatable bonds is 7. The lowest BCUT2D eigenvalue weighted by Gasteiger charge is -2.33. The molecule has 1 heterocycles. The summed E-state index contributed by atoms with van der Waals surface area (Å²) in [6.45, 7) is 6.79. The average Bonchev–Trinajstić information content (AvgIpc) is 2.34. The summed E-state index contributed by atoms with van der Waals surface area (Å²) in [6, 6.07) is 0. The number of piperazine rings is 1. The predicted molar refractivity (Wildman–Crippen MR) is 72.0 cm³/mol. The van der Waals surface area contributed by atoms with Crippen LogP contribution in [0.15, 0.2) is 0 Å². The lowest BCUT2D eigenvalue weighted by atomic mass is 10.2. The van der Waals surface area contributed by atoms with Crippen molar-refractivity contribution in [3.05, 3.63) is 0 Å². The quantitative estimate of drug-likeness (QED) is 0.665. The summed E-state index contributed by atoms with van der Waals surface area (Å²) in [5.74, 6) is -0.555. The third kappa shape index (κ3) is 5.85. The van der Waals surface area contributed by atoms with Crippen LogP contribution < -0.4 is 4.72 Å². The Balaban J connectivity index is 2.38. The molecule has 0 amide bonds. The Bertz CT molecular complexity index is 389. The van der Waals surface area contributed by atoms with Crippen LogP contribution >= 0.6 is 0 Å². The van der Waals surface area contributed by atoms with Crippen molar-refractivity contribution in [2.75, 3.05) is 39.3 Å². The summed E-state index contributed by atoms with van der Waals surface area (Å²) < 4.78 is 27.9. The number of nitrogens with one attached hydrogen (secondary N) is 1. The summed E-state index contributed by atoms with van der Waals surface area (Å²) in [7, 11) is -3.39. The van der Waals surface area contributed by atoms with Crippen molar-refractivity contribution < 1.29 is 18.3 Å². The van der Waals surface area contributed by atoms with E-state index in [0.717, 1.165) is 0 Å². The molecule has 19 heavy (non-hydrogen) atoms. The van der Waals surface area contributed by atoms with Crippen molar-refractivity contribution in [1.29, 1.82) is 0 Å². The molecule has 0 bridgehead atoms. The van der Waals surface area contributed by atoms with Crippen LogP contribution in [0.2, 0.25) is 0 Å². The Morgan fingerprint density at radius 1 is 1.26 bits per heavy atom. The topological polar surface area (TPSA) is 90.0 Å². The van der Waals surface area contributed by atoms with Crippen LogP contribution in [0.3, 0.4) is 0 Å². The average molecular weight is 293 g/mol. The maximum atomic E-state index is 12.0. The molecule has 0 aliphatic carbocycles. The van der Waals surface area contributed by atoms with Gasteiger partial charge in [-0.15, -0.1) is 0 Å². The van der Waals surface area contributed by atoms with E-state index in [2.05, 4.69) is 4.72 Å². The first-order valence-electron chi connectivity index (χ1n) is 6.50. The van der Waals surface area contributed by atoms with E-state index in [1.165, 1.54) is 4.31 Å². The second-order valence-corrected chi connectivity index (χ2v) is 6.89. The van der Waals surface area contributed by atoms with Crippen LogP contribution in [0.5, 0.6) is 0 Å². The molecule has 8 heteroatoms. The SMILES string of the molecule is CC(C)CNS(=O)(=O)N1CCN(CCC(=O)O)CC1. The van der Waals surface area contributed by atoms with Gasteiger partial charge in [-0.25, -0.2) is 4.72 Å². The number of carboxylic acids is 1. The molecule has 0 atom stereocenters. The first kappa shape index (κ1) is 16.4. The largest absolute Gasteiger partial charge is 0.481 e. The zero-order valence-corrected chi connectivity index (χ0v) is 12.3. The van der Waals surface area contributed by atoms with E-state index in [1.54, 1.807) is 0 Å². The molecule has 7 nitrogen and oxygen atoms in total. The maximum Gasteiger partial charge on any atom is 0.304 e. The Hall–Kier alpha value is -0.700. The maximum absolute atomic E-state index is 12.0. The van der Waals surface area contributed by atoms with Crippen LogP contribution in [0.4, 0.5) is 0 Å². The molecule has 0 spiro atoms. The zero-order chi connectivity index (χ0) is 14.5. The van der Waals surface area contributed by atoms with Crippen LogP contribution in [-0.2, 0) is 15.0 Å². The second-order valence-electron chi connectivity index (χ2n) is 5.13. The molecule has 1 fully saturated rings. The van der Waals surface area contributed by atoms with Crippen molar-refractivity contribution in [2.24, 2.45) is 5.92 Å². The van der Waals surface area contributed by atoms with E-state index in [0.29, 0.717) is 39.3 Å². The number of aliphatic carboxylic acids is 1. The van der Waals surface area contributed by atoms with E-state index >= 15 is 0 Å². The summed E-state index contributed by atoms with van der Waals surface area (Å²) >= 11 is 0. The fourth-order valence-electron chi connectivity index (χ4n) is 1.81. The molecule has 1 aliphatic heterocycles. The van der Waals surface area contributed by atoms with Gasteiger partial charge >= 0.3 is 5.97 Å². The Morgan fingerprint density at radius 3 is 2.32 bits per heavy atom. The minimum Gasteiger partial charge on any atom is -0.481 e. The minimum atomic E-state index is -3.39. The van der Waals surface area contributed by atoms with Gasteiger partial charge in [0.05, 0.1) is 6.42 Å². The highest BCUT2D eigenvalue weighted by molar-refractivity contribution is 7.87. The Morgan fingerprint density at radius 2 is 1.84 bits per heavy atom. The first-order chi connectivity index (χ1) is 8.81. The van der Waals surface area contributed by atoms with Crippen molar-refractivity contribution in [1.82, 2.24) is 13.9 Å². The van der Waals surface area contributed by atoms with Gasteiger partial charge in [0, 0.05) is 39.3 Å². The van der Waals surface area contributed by atoms with Crippen LogP contribution in [-0.4, -0.2) is 68.0 Å². The van der Waals surface area contributed by atoms with Crippen LogP contribution in [0.1, 0.15) is 20.3 Å². The van der Waals surface area contributed by atoms with Gasteiger partial charge in [0.2, 0.25) is 0 Å². The fraction of sp³-hybridized carbons (Fsp3) is 0.909. The van der Waals surface area contributed by atoms with Gasteiger partial charge in [-0.2, -0.15) is 12.7 Å². The second kappa shape index (κ2) is 7.18. The molecule has 0 unspecified atom stereocenters. The van der Waals surface area contributed by atoms with E-state index < -0.39 is 16.2 Å². The van der Waals surface area contributed by atoms with Crippen LogP contribution in [0, 0.1) is 5.92 Å². The minimum absolute atomic E-state index is 0.0956. The van der Waals surface area contributed by atoms with Crippen molar-refractivity contribution in [3.63, 3.8) is 0 Å². The molecule has 2 N–H and O–H groups in total. The number of nitrogens with zero attached hydrogens (tertiary/aromatic N) is 2. The summed E-state index contributed by atoms with van der Waals surface area (Å²) in [5, 5.41) is 8.60.